The van der Waals surface area contributed by atoms with Gasteiger partial charge in [0.1, 0.15) is 5.52 Å². The van der Waals surface area contributed by atoms with Crippen LogP contribution in [0.4, 0.5) is 0 Å². The molecule has 0 saturated carbocycles. The van der Waals surface area contributed by atoms with Crippen LogP contribution in [0.25, 0.3) is 22.3 Å². The number of benzene rings is 1. The number of hydrogen-bond acceptors (Lipinski definition) is 4. The summed E-state index contributed by atoms with van der Waals surface area (Å²) in [4.78, 5) is 8.49. The van der Waals surface area contributed by atoms with Crippen molar-refractivity contribution in [3.8, 4) is 5.95 Å². The summed E-state index contributed by atoms with van der Waals surface area (Å²) in [7, 11) is 0. The molecule has 0 unspecified atom stereocenters. The van der Waals surface area contributed by atoms with Crippen LogP contribution in [0.3, 0.4) is 0 Å². The summed E-state index contributed by atoms with van der Waals surface area (Å²) < 4.78 is 4.96. The molecule has 3 rings (SSSR count). The van der Waals surface area contributed by atoms with Gasteiger partial charge in [-0.15, -0.1) is 0 Å². The first kappa shape index (κ1) is 7.32. The van der Waals surface area contributed by atoms with Gasteiger partial charge in [0, 0.05) is 0 Å². The Kier molecular flexibility index (Phi) is 1.28. The van der Waals surface area contributed by atoms with E-state index in [0.717, 1.165) is 11.0 Å². The fraction of sp³-hybridized carbons (Fsp3) is 0. The molecule has 1 aromatic carbocycles. The minimum Gasteiger partial charge on any atom is -0.481 e. The molecule has 4 heteroatoms. The smallest absolute Gasteiger partial charge is 0.286 e. The Balaban J connectivity index is 2.51. The van der Waals surface area contributed by atoms with E-state index in [1.807, 2.05) is 24.3 Å². The van der Waals surface area contributed by atoms with Crippen LogP contribution < -0.4 is 0 Å². The summed E-state index contributed by atoms with van der Waals surface area (Å²) in [5, 5.41) is 9.12. The van der Waals surface area contributed by atoms with Crippen LogP contribution >= 0.6 is 0 Å². The van der Waals surface area contributed by atoms with E-state index in [9.17, 15) is 0 Å². The zero-order chi connectivity index (χ0) is 9.54. The maximum atomic E-state index is 9.12. The Labute approximate surface area is 78.8 Å². The molecule has 3 aromatic rings. The van der Waals surface area contributed by atoms with Gasteiger partial charge in [-0.05, 0) is 12.1 Å². The maximum Gasteiger partial charge on any atom is 0.286 e. The lowest BCUT2D eigenvalue weighted by atomic mass is 10.3. The third kappa shape index (κ3) is 0.939. The molecule has 0 spiro atoms. The van der Waals surface area contributed by atoms with Crippen molar-refractivity contribution in [3.05, 3.63) is 30.3 Å². The highest BCUT2D eigenvalue weighted by atomic mass is 16.5. The fourth-order valence-corrected chi connectivity index (χ4v) is 1.41. The third-order valence-electron chi connectivity index (χ3n) is 2.03. The second-order valence-corrected chi connectivity index (χ2v) is 2.99. The molecule has 1 N–H and O–H groups in total. The summed E-state index contributed by atoms with van der Waals surface area (Å²) in [5.74, 6) is -0.157. The summed E-state index contributed by atoms with van der Waals surface area (Å²) in [5.41, 5.74) is 2.48. The van der Waals surface area contributed by atoms with Gasteiger partial charge in [-0.25, -0.2) is 9.97 Å². The molecule has 0 bridgehead atoms. The number of aromatic nitrogens is 2. The largest absolute Gasteiger partial charge is 0.481 e. The number of nitrogens with zero attached hydrogens (tertiary/aromatic N) is 2. The maximum absolute atomic E-state index is 9.12. The minimum absolute atomic E-state index is 0.157. The van der Waals surface area contributed by atoms with E-state index < -0.39 is 0 Å². The fourth-order valence-electron chi connectivity index (χ4n) is 1.41. The van der Waals surface area contributed by atoms with Gasteiger partial charge in [-0.2, -0.15) is 0 Å². The number of aromatic hydroxyl groups is 1. The molecular formula is C10H6N2O2. The molecule has 0 amide bonds. The van der Waals surface area contributed by atoms with Crippen molar-refractivity contribution in [2.75, 3.05) is 0 Å². The molecule has 4 nitrogen and oxygen atoms in total. The Morgan fingerprint density at radius 2 is 1.71 bits per heavy atom. The standard InChI is InChI=1S/C10H6N2O2/c13-9-5-8-10(14-9)12-7-4-2-1-3-6(7)11-8/h1-5,13H. The van der Waals surface area contributed by atoms with Crippen LogP contribution in [-0.4, -0.2) is 15.1 Å². The first-order chi connectivity index (χ1) is 6.83. The number of fused-ring (bicyclic) bond motifs is 2. The van der Waals surface area contributed by atoms with E-state index in [-0.39, 0.29) is 5.95 Å². The zero-order valence-electron chi connectivity index (χ0n) is 7.14. The highest BCUT2D eigenvalue weighted by Gasteiger charge is 2.06. The minimum atomic E-state index is -0.157. The molecule has 2 heterocycles. The first-order valence-corrected chi connectivity index (χ1v) is 4.18. The predicted molar refractivity (Wildman–Crippen MR) is 51.0 cm³/mol. The Bertz CT molecular complexity index is 563. The highest BCUT2D eigenvalue weighted by Crippen LogP contribution is 2.22. The monoisotopic (exact) mass is 186 g/mol. The molecule has 2 aromatic heterocycles. The van der Waals surface area contributed by atoms with E-state index in [2.05, 4.69) is 9.97 Å². The van der Waals surface area contributed by atoms with Gasteiger partial charge in [0.25, 0.3) is 5.95 Å². The van der Waals surface area contributed by atoms with Crippen molar-refractivity contribution in [1.82, 2.24) is 9.97 Å². The molecular weight excluding hydrogens is 180 g/mol. The average Bonchev–Trinajstić information content (AvgIpc) is 2.53. The lowest BCUT2D eigenvalue weighted by Crippen LogP contribution is -1.82. The molecule has 0 atom stereocenters. The van der Waals surface area contributed by atoms with Crippen LogP contribution in [0.2, 0.25) is 0 Å². The molecule has 0 aliphatic carbocycles. The van der Waals surface area contributed by atoms with Gasteiger partial charge in [0.15, 0.2) is 0 Å². The number of rotatable bonds is 0. The Morgan fingerprint density at radius 1 is 1.00 bits per heavy atom. The van der Waals surface area contributed by atoms with Crippen molar-refractivity contribution < 1.29 is 9.52 Å². The van der Waals surface area contributed by atoms with E-state index in [1.54, 1.807) is 0 Å². The van der Waals surface area contributed by atoms with Gasteiger partial charge in [-0.1, -0.05) is 12.1 Å². The van der Waals surface area contributed by atoms with E-state index in [4.69, 9.17) is 9.52 Å². The van der Waals surface area contributed by atoms with E-state index in [1.165, 1.54) is 6.07 Å². The first-order valence-electron chi connectivity index (χ1n) is 4.18. The number of furan rings is 1. The van der Waals surface area contributed by atoms with Crippen molar-refractivity contribution in [2.24, 2.45) is 0 Å². The number of hydrogen-bond donors (Lipinski definition) is 1. The quantitative estimate of drug-likeness (QED) is 0.584. The lowest BCUT2D eigenvalue weighted by molar-refractivity contribution is 0.344. The van der Waals surface area contributed by atoms with Crippen molar-refractivity contribution in [3.63, 3.8) is 0 Å². The van der Waals surface area contributed by atoms with Crippen molar-refractivity contribution in [1.29, 1.82) is 0 Å². The molecule has 0 fully saturated rings. The van der Waals surface area contributed by atoms with Crippen LogP contribution in [0.5, 0.6) is 5.95 Å². The summed E-state index contributed by atoms with van der Waals surface area (Å²) in [6, 6.07) is 8.94. The molecule has 0 radical (unpaired) electrons. The summed E-state index contributed by atoms with van der Waals surface area (Å²) in [6.45, 7) is 0. The van der Waals surface area contributed by atoms with Gasteiger partial charge in [-0.3, -0.25) is 0 Å². The zero-order valence-corrected chi connectivity index (χ0v) is 7.14. The van der Waals surface area contributed by atoms with Gasteiger partial charge in [0.2, 0.25) is 5.71 Å². The van der Waals surface area contributed by atoms with Crippen molar-refractivity contribution in [2.45, 2.75) is 0 Å². The molecule has 68 valence electrons. The topological polar surface area (TPSA) is 59.2 Å². The Hall–Kier alpha value is -2.10. The second-order valence-electron chi connectivity index (χ2n) is 2.99. The predicted octanol–water partition coefficient (Wildman–Crippen LogP) is 2.08. The third-order valence-corrected chi connectivity index (χ3v) is 2.03. The highest BCUT2D eigenvalue weighted by molar-refractivity contribution is 5.83. The van der Waals surface area contributed by atoms with Crippen LogP contribution in [0.15, 0.2) is 34.7 Å². The average molecular weight is 186 g/mol. The SMILES string of the molecule is Oc1cc2nc3ccccc3nc2o1. The lowest BCUT2D eigenvalue weighted by Gasteiger charge is -1.93. The van der Waals surface area contributed by atoms with Gasteiger partial charge in [0.05, 0.1) is 17.1 Å². The summed E-state index contributed by atoms with van der Waals surface area (Å²) in [6.07, 6.45) is 0. The van der Waals surface area contributed by atoms with Gasteiger partial charge < -0.3 is 9.52 Å². The summed E-state index contributed by atoms with van der Waals surface area (Å²) >= 11 is 0. The molecule has 0 aliphatic heterocycles. The normalized spacial score (nSPS) is 11.1. The van der Waals surface area contributed by atoms with Crippen molar-refractivity contribution >= 4 is 22.3 Å². The molecule has 0 saturated heterocycles. The van der Waals surface area contributed by atoms with E-state index in [0.29, 0.717) is 11.2 Å². The van der Waals surface area contributed by atoms with Crippen LogP contribution in [0, 0.1) is 0 Å². The Morgan fingerprint density at radius 3 is 2.50 bits per heavy atom. The van der Waals surface area contributed by atoms with Crippen LogP contribution in [0.1, 0.15) is 0 Å². The van der Waals surface area contributed by atoms with E-state index >= 15 is 0 Å². The second kappa shape index (κ2) is 2.45. The van der Waals surface area contributed by atoms with Crippen LogP contribution in [-0.2, 0) is 0 Å². The molecule has 14 heavy (non-hydrogen) atoms. The number of para-hydroxylation sites is 2. The molecule has 0 aliphatic rings. The van der Waals surface area contributed by atoms with Gasteiger partial charge >= 0.3 is 0 Å².